The number of ether oxygens (including phenoxy) is 24. The van der Waals surface area contributed by atoms with Gasteiger partial charge in [-0.2, -0.15) is 17.6 Å². The number of hydrogen-bond acceptors (Lipinski definition) is 24. The molecule has 0 aromatic carbocycles. The number of methoxy groups -OCH3 is 23. The van der Waals surface area contributed by atoms with Crippen molar-refractivity contribution in [1.29, 1.82) is 0 Å². The second-order valence-electron chi connectivity index (χ2n) is 13.1. The first-order chi connectivity index (χ1) is 35.1. The van der Waals surface area contributed by atoms with Gasteiger partial charge < -0.3 is 114 Å². The third kappa shape index (κ3) is 57.3. The summed E-state index contributed by atoms with van der Waals surface area (Å²) in [5.41, 5.74) is 0. The van der Waals surface area contributed by atoms with Crippen molar-refractivity contribution in [3.8, 4) is 0 Å². The summed E-state index contributed by atoms with van der Waals surface area (Å²) in [5.74, 6) is 1.24. The lowest BCUT2D eigenvalue weighted by atomic mass is 10.2. The van der Waals surface area contributed by atoms with E-state index in [4.69, 9.17) is 80.5 Å². The van der Waals surface area contributed by atoms with E-state index in [9.17, 15) is 17.6 Å². The highest BCUT2D eigenvalue weighted by atomic mass is 19.3. The molecule has 0 amide bonds. The zero-order valence-electron chi connectivity index (χ0n) is 49.2. The van der Waals surface area contributed by atoms with Crippen LogP contribution >= 0.6 is 0 Å². The summed E-state index contributed by atoms with van der Waals surface area (Å²) in [6.45, 7) is 11.1. The summed E-state index contributed by atoms with van der Waals surface area (Å²) in [6, 6.07) is 0. The molecule has 456 valence electrons. The normalized spacial score (nSPS) is 11.5. The highest BCUT2D eigenvalue weighted by Gasteiger charge is 2.57. The van der Waals surface area contributed by atoms with Gasteiger partial charge in [-0.3, -0.25) is 0 Å². The molecule has 0 rings (SSSR count). The van der Waals surface area contributed by atoms with E-state index >= 15 is 0 Å². The first-order valence-corrected chi connectivity index (χ1v) is 21.8. The third-order valence-corrected chi connectivity index (χ3v) is 7.92. The molecule has 0 saturated heterocycles. The van der Waals surface area contributed by atoms with Crippen LogP contribution in [0, 0.1) is 5.92 Å². The molecule has 0 radical (unpaired) electrons. The van der Waals surface area contributed by atoms with Crippen molar-refractivity contribution in [1.82, 2.24) is 0 Å². The van der Waals surface area contributed by atoms with Gasteiger partial charge in [-0.15, -0.1) is 0 Å². The molecule has 0 aromatic rings. The highest BCUT2D eigenvalue weighted by Crippen LogP contribution is 2.34. The Balaban J connectivity index is -0.000000113. The van der Waals surface area contributed by atoms with Gasteiger partial charge in [0.1, 0.15) is 18.0 Å². The van der Waals surface area contributed by atoms with Gasteiger partial charge in [0, 0.05) is 148 Å². The second-order valence-corrected chi connectivity index (χ2v) is 13.1. The van der Waals surface area contributed by atoms with Gasteiger partial charge in [-0.05, 0) is 13.8 Å². The molecule has 0 aliphatic carbocycles. The van der Waals surface area contributed by atoms with Crippen LogP contribution in [0.4, 0.5) is 17.6 Å². The lowest BCUT2D eigenvalue weighted by Gasteiger charge is -2.28. The maximum absolute atomic E-state index is 12.6. The van der Waals surface area contributed by atoms with Crippen molar-refractivity contribution < 1.29 is 131 Å². The maximum atomic E-state index is 12.6. The topological polar surface area (TPSA) is 222 Å². The number of halogens is 4. The van der Waals surface area contributed by atoms with E-state index < -0.39 is 31.1 Å². The van der Waals surface area contributed by atoms with Crippen LogP contribution in [0.1, 0.15) is 13.8 Å². The Morgan fingerprint density at radius 3 is 1.01 bits per heavy atom. The van der Waals surface area contributed by atoms with E-state index in [0.29, 0.717) is 85.2 Å². The zero-order chi connectivity index (χ0) is 59.4. The Morgan fingerprint density at radius 2 is 0.851 bits per heavy atom. The van der Waals surface area contributed by atoms with Gasteiger partial charge in [0.25, 0.3) is 6.48 Å². The summed E-state index contributed by atoms with van der Waals surface area (Å²) in [4.78, 5) is 0. The lowest BCUT2D eigenvalue weighted by molar-refractivity contribution is -0.378. The third-order valence-electron chi connectivity index (χ3n) is 7.92. The second kappa shape index (κ2) is 66.7. The molecule has 0 spiro atoms. The molecule has 0 aliphatic rings. The van der Waals surface area contributed by atoms with Crippen molar-refractivity contribution in [3.05, 3.63) is 24.5 Å². The van der Waals surface area contributed by atoms with E-state index in [1.165, 1.54) is 63.1 Å². The smallest absolute Gasteiger partial charge is 0.390 e. The summed E-state index contributed by atoms with van der Waals surface area (Å²) in [6.07, 6.45) is -10.4. The Morgan fingerprint density at radius 1 is 0.459 bits per heavy atom. The molecule has 0 aromatic heterocycles. The van der Waals surface area contributed by atoms with Crippen molar-refractivity contribution in [2.75, 3.05) is 210 Å². The van der Waals surface area contributed by atoms with Crippen LogP contribution in [-0.2, 0) is 114 Å². The van der Waals surface area contributed by atoms with Crippen molar-refractivity contribution in [2.45, 2.75) is 69.7 Å². The summed E-state index contributed by atoms with van der Waals surface area (Å²) < 4.78 is 162. The molecule has 24 nitrogen and oxygen atoms in total. The molecule has 1 atom stereocenters. The molecule has 1 unspecified atom stereocenters. The van der Waals surface area contributed by atoms with Gasteiger partial charge in [-0.1, -0.05) is 6.58 Å². The first kappa shape index (κ1) is 88.2. The van der Waals surface area contributed by atoms with Gasteiger partial charge >= 0.3 is 18.2 Å². The fourth-order valence-electron chi connectivity index (χ4n) is 4.17. The average molecular weight is 1110 g/mol. The molecule has 0 fully saturated rings. The number of alkyl halides is 4. The molecule has 74 heavy (non-hydrogen) atoms. The Bertz CT molecular complexity index is 1040. The quantitative estimate of drug-likeness (QED) is 0.0446. The van der Waals surface area contributed by atoms with E-state index in [1.54, 1.807) is 85.3 Å². The predicted octanol–water partition coefficient (Wildman–Crippen LogP) is 5.30. The molecule has 0 aliphatic heterocycles. The van der Waals surface area contributed by atoms with Gasteiger partial charge in [-0.25, -0.2) is 0 Å². The first-order valence-electron chi connectivity index (χ1n) is 21.8. The molecular weight excluding hydrogens is 1010 g/mol. The van der Waals surface area contributed by atoms with Crippen LogP contribution in [0.3, 0.4) is 0 Å². The maximum Gasteiger partial charge on any atom is 0.390 e. The number of rotatable bonds is 35. The standard InChI is InChI=1S/C7H16O3.C6H10F4O3.2C6H14O3.2C6H12O3.C5H12O3.C4H10O3/c1-8-4-7(5-9-2)6-10-3;1-11-4(5(7,8)12-2)6(9,10)13-3;1-7-4-6(9-3)5-8-2;2*1-5(7-2)6(8-3)9-4;1-4-9-6(8-3)5-7-2;1-6-4-5(7-2)8-3;1-5-4(6-2)7-3/h7H,4-6H2,1-3H3;4H,1-3H3;6H,4-5H2,1-3H3;5-6H,1-4H3;6H,1H2,2-4H3;5H,4H2,1-3H3;5H,4H2,1-3H3;4H,1-3H3/b;;;;;6-5-;;. The van der Waals surface area contributed by atoms with Gasteiger partial charge in [0.05, 0.1) is 67.6 Å². The largest absolute Gasteiger partial charge is 0.497 e. The van der Waals surface area contributed by atoms with E-state index in [-0.39, 0.29) is 24.8 Å². The van der Waals surface area contributed by atoms with Crippen LogP contribution in [0.2, 0.25) is 0 Å². The summed E-state index contributed by atoms with van der Waals surface area (Å²) in [5, 5.41) is 0. The fraction of sp³-hybridized carbons (Fsp3) is 0.913. The summed E-state index contributed by atoms with van der Waals surface area (Å²) in [7, 11) is 33.6. The highest BCUT2D eigenvalue weighted by molar-refractivity contribution is 4.86. The Labute approximate surface area is 440 Å². The lowest BCUT2D eigenvalue weighted by Crippen LogP contribution is -2.50. The van der Waals surface area contributed by atoms with Crippen LogP contribution in [0.5, 0.6) is 0 Å². The zero-order valence-corrected chi connectivity index (χ0v) is 49.2. The minimum atomic E-state index is -4.10. The minimum Gasteiger partial charge on any atom is -0.497 e. The molecule has 0 heterocycles. The van der Waals surface area contributed by atoms with Crippen molar-refractivity contribution in [2.24, 2.45) is 5.92 Å². The summed E-state index contributed by atoms with van der Waals surface area (Å²) >= 11 is 0. The molecule has 0 N–H and O–H groups in total. The molecule has 0 saturated carbocycles. The van der Waals surface area contributed by atoms with Crippen LogP contribution in [0.25, 0.3) is 0 Å². The average Bonchev–Trinajstić information content (AvgIpc) is 3.40. The van der Waals surface area contributed by atoms with Gasteiger partial charge in [0.15, 0.2) is 18.8 Å². The van der Waals surface area contributed by atoms with Crippen LogP contribution in [0.15, 0.2) is 24.5 Å². The SMILES string of the molecule is C=C(OC)C(OC)OC.CCO/C(=C\OC)OC.COC(C(F)(F)OC)C(F)(F)OC.COC(C)C(OC)OC.COC(OC)OC.COCC(COC)COC.COCC(COC)OC.COCC(OC)OC. The van der Waals surface area contributed by atoms with E-state index in [1.807, 2.05) is 13.8 Å². The van der Waals surface area contributed by atoms with Crippen LogP contribution < -0.4 is 0 Å². The van der Waals surface area contributed by atoms with Gasteiger partial charge in [0.2, 0.25) is 12.4 Å². The molecule has 0 bridgehead atoms. The fourth-order valence-corrected chi connectivity index (χ4v) is 4.17. The minimum absolute atomic E-state index is 0.0139. The van der Waals surface area contributed by atoms with Crippen molar-refractivity contribution in [3.63, 3.8) is 0 Å². The molecular formula is C46H100F4O24. The predicted molar refractivity (Wildman–Crippen MR) is 265 cm³/mol. The molecule has 28 heteroatoms. The Kier molecular flexibility index (Phi) is 79.5. The number of hydrogen-bond donors (Lipinski definition) is 0. The monoisotopic (exact) mass is 1110 g/mol. The van der Waals surface area contributed by atoms with Crippen molar-refractivity contribution >= 4 is 0 Å². The van der Waals surface area contributed by atoms with Crippen LogP contribution in [-0.4, -0.2) is 266 Å². The van der Waals surface area contributed by atoms with E-state index in [2.05, 4.69) is 39.7 Å². The Hall–Kier alpha value is -2.40. The van der Waals surface area contributed by atoms with E-state index in [0.717, 1.165) is 0 Å².